The van der Waals surface area contributed by atoms with Crippen LogP contribution in [0.1, 0.15) is 65.4 Å². The van der Waals surface area contributed by atoms with E-state index in [1.165, 1.54) is 44.2 Å². The van der Waals surface area contributed by atoms with Crippen LogP contribution in [0.2, 0.25) is 0 Å². The Kier molecular flexibility index (Phi) is 5.87. The van der Waals surface area contributed by atoms with Gasteiger partial charge in [-0.15, -0.1) is 0 Å². The largest absolute Gasteiger partial charge is 0.314 e. The molecule has 2 rings (SSSR count). The quantitative estimate of drug-likeness (QED) is 0.762. The van der Waals surface area contributed by atoms with Crippen molar-refractivity contribution in [2.45, 2.75) is 71.3 Å². The van der Waals surface area contributed by atoms with E-state index in [1.54, 1.807) is 0 Å². The molecule has 118 valence electrons. The summed E-state index contributed by atoms with van der Waals surface area (Å²) in [6.07, 6.45) is 6.89. The van der Waals surface area contributed by atoms with Crippen molar-refractivity contribution in [1.29, 1.82) is 0 Å². The highest BCUT2D eigenvalue weighted by molar-refractivity contribution is 5.23. The third-order valence-electron chi connectivity index (χ3n) is 5.26. The Bertz CT molecular complexity index is 401. The minimum atomic E-state index is 0.245. The molecule has 0 radical (unpaired) electrons. The molecule has 1 aromatic carbocycles. The van der Waals surface area contributed by atoms with Crippen molar-refractivity contribution in [2.24, 2.45) is 11.8 Å². The SMILES string of the molecule is CC1CCC(CNC(C)CC(C)(C)c2ccccc2)CC1. The number of benzene rings is 1. The van der Waals surface area contributed by atoms with Crippen molar-refractivity contribution in [3.63, 3.8) is 0 Å². The first kappa shape index (κ1) is 16.5. The Balaban J connectivity index is 1.77. The molecule has 0 heterocycles. The Morgan fingerprint density at radius 2 is 1.71 bits per heavy atom. The molecule has 1 fully saturated rings. The van der Waals surface area contributed by atoms with Gasteiger partial charge < -0.3 is 5.32 Å². The Morgan fingerprint density at radius 3 is 2.33 bits per heavy atom. The lowest BCUT2D eigenvalue weighted by Gasteiger charge is -2.31. The number of hydrogen-bond acceptors (Lipinski definition) is 1. The second-order valence-corrected chi connectivity index (χ2v) is 7.89. The van der Waals surface area contributed by atoms with E-state index in [4.69, 9.17) is 0 Å². The van der Waals surface area contributed by atoms with Gasteiger partial charge in [-0.1, -0.05) is 63.9 Å². The van der Waals surface area contributed by atoms with Crippen LogP contribution in [0.25, 0.3) is 0 Å². The predicted molar refractivity (Wildman–Crippen MR) is 92.7 cm³/mol. The van der Waals surface area contributed by atoms with Gasteiger partial charge in [0.05, 0.1) is 0 Å². The lowest BCUT2D eigenvalue weighted by atomic mass is 9.79. The maximum absolute atomic E-state index is 3.79. The van der Waals surface area contributed by atoms with Gasteiger partial charge in [0.15, 0.2) is 0 Å². The molecule has 1 aliphatic rings. The zero-order valence-electron chi connectivity index (χ0n) is 14.4. The van der Waals surface area contributed by atoms with Crippen LogP contribution >= 0.6 is 0 Å². The predicted octanol–water partition coefficient (Wildman–Crippen LogP) is 5.16. The normalized spacial score (nSPS) is 24.8. The van der Waals surface area contributed by atoms with E-state index in [0.717, 1.165) is 11.8 Å². The summed E-state index contributed by atoms with van der Waals surface area (Å²) < 4.78 is 0. The van der Waals surface area contributed by atoms with Crippen molar-refractivity contribution in [1.82, 2.24) is 5.32 Å². The maximum atomic E-state index is 3.79. The van der Waals surface area contributed by atoms with Crippen LogP contribution in [0.15, 0.2) is 30.3 Å². The Hall–Kier alpha value is -0.820. The summed E-state index contributed by atoms with van der Waals surface area (Å²) in [6, 6.07) is 11.5. The average molecular weight is 287 g/mol. The third kappa shape index (κ3) is 5.14. The van der Waals surface area contributed by atoms with Gasteiger partial charge in [0, 0.05) is 6.04 Å². The summed E-state index contributed by atoms with van der Waals surface area (Å²) in [5.41, 5.74) is 1.69. The maximum Gasteiger partial charge on any atom is 0.00471 e. The smallest absolute Gasteiger partial charge is 0.00471 e. The van der Waals surface area contributed by atoms with E-state index in [1.807, 2.05) is 0 Å². The molecule has 1 unspecified atom stereocenters. The molecule has 0 bridgehead atoms. The molecule has 1 N–H and O–H groups in total. The van der Waals surface area contributed by atoms with Crippen LogP contribution in [-0.2, 0) is 5.41 Å². The first-order chi connectivity index (χ1) is 9.97. The monoisotopic (exact) mass is 287 g/mol. The highest BCUT2D eigenvalue weighted by Crippen LogP contribution is 2.30. The molecule has 1 aliphatic carbocycles. The molecular formula is C20H33N. The van der Waals surface area contributed by atoms with Gasteiger partial charge >= 0.3 is 0 Å². The molecule has 0 amide bonds. The first-order valence-corrected chi connectivity index (χ1v) is 8.76. The highest BCUT2D eigenvalue weighted by atomic mass is 14.9. The molecule has 0 aromatic heterocycles. The van der Waals surface area contributed by atoms with Gasteiger partial charge in [0.2, 0.25) is 0 Å². The summed E-state index contributed by atoms with van der Waals surface area (Å²) >= 11 is 0. The molecule has 1 nitrogen and oxygen atoms in total. The fraction of sp³-hybridized carbons (Fsp3) is 0.700. The lowest BCUT2D eigenvalue weighted by molar-refractivity contribution is 0.268. The zero-order chi connectivity index (χ0) is 15.3. The molecule has 1 heteroatoms. The molecule has 0 spiro atoms. The zero-order valence-corrected chi connectivity index (χ0v) is 14.4. The minimum absolute atomic E-state index is 0.245. The minimum Gasteiger partial charge on any atom is -0.314 e. The van der Waals surface area contributed by atoms with E-state index in [9.17, 15) is 0 Å². The summed E-state index contributed by atoms with van der Waals surface area (Å²) in [5.74, 6) is 1.86. The fourth-order valence-corrected chi connectivity index (χ4v) is 3.75. The topological polar surface area (TPSA) is 12.0 Å². The summed E-state index contributed by atoms with van der Waals surface area (Å²) in [5, 5.41) is 3.79. The average Bonchev–Trinajstić information content (AvgIpc) is 2.47. The van der Waals surface area contributed by atoms with Crippen LogP contribution in [0.3, 0.4) is 0 Å². The molecular weight excluding hydrogens is 254 g/mol. The molecule has 1 atom stereocenters. The molecule has 0 saturated heterocycles. The van der Waals surface area contributed by atoms with Crippen LogP contribution in [0.5, 0.6) is 0 Å². The van der Waals surface area contributed by atoms with Gasteiger partial charge in [-0.05, 0) is 55.5 Å². The van der Waals surface area contributed by atoms with Crippen LogP contribution < -0.4 is 5.32 Å². The first-order valence-electron chi connectivity index (χ1n) is 8.76. The van der Waals surface area contributed by atoms with Crippen molar-refractivity contribution in [3.8, 4) is 0 Å². The third-order valence-corrected chi connectivity index (χ3v) is 5.26. The molecule has 21 heavy (non-hydrogen) atoms. The van der Waals surface area contributed by atoms with Crippen molar-refractivity contribution >= 4 is 0 Å². The van der Waals surface area contributed by atoms with Gasteiger partial charge in [-0.25, -0.2) is 0 Å². The number of nitrogens with one attached hydrogen (secondary N) is 1. The Morgan fingerprint density at radius 1 is 1.10 bits per heavy atom. The van der Waals surface area contributed by atoms with Gasteiger partial charge in [-0.3, -0.25) is 0 Å². The van der Waals surface area contributed by atoms with E-state index in [0.29, 0.717) is 6.04 Å². The lowest BCUT2D eigenvalue weighted by Crippen LogP contribution is -2.36. The van der Waals surface area contributed by atoms with Crippen LogP contribution in [0, 0.1) is 11.8 Å². The van der Waals surface area contributed by atoms with E-state index in [2.05, 4.69) is 63.3 Å². The summed E-state index contributed by atoms with van der Waals surface area (Å²) in [7, 11) is 0. The highest BCUT2D eigenvalue weighted by Gasteiger charge is 2.24. The Labute approximate surface area is 131 Å². The molecule has 1 saturated carbocycles. The van der Waals surface area contributed by atoms with E-state index >= 15 is 0 Å². The van der Waals surface area contributed by atoms with Crippen molar-refractivity contribution < 1.29 is 0 Å². The van der Waals surface area contributed by atoms with Gasteiger partial charge in [-0.2, -0.15) is 0 Å². The fourth-order valence-electron chi connectivity index (χ4n) is 3.75. The van der Waals surface area contributed by atoms with Gasteiger partial charge in [0.1, 0.15) is 0 Å². The molecule has 0 aliphatic heterocycles. The van der Waals surface area contributed by atoms with Gasteiger partial charge in [0.25, 0.3) is 0 Å². The van der Waals surface area contributed by atoms with E-state index in [-0.39, 0.29) is 5.41 Å². The van der Waals surface area contributed by atoms with Crippen molar-refractivity contribution in [3.05, 3.63) is 35.9 Å². The van der Waals surface area contributed by atoms with E-state index < -0.39 is 0 Å². The summed E-state index contributed by atoms with van der Waals surface area (Å²) in [6.45, 7) is 10.7. The van der Waals surface area contributed by atoms with Crippen LogP contribution in [-0.4, -0.2) is 12.6 Å². The second kappa shape index (κ2) is 7.45. The number of hydrogen-bond donors (Lipinski definition) is 1. The second-order valence-electron chi connectivity index (χ2n) is 7.89. The molecule has 1 aromatic rings. The number of rotatable bonds is 6. The standard InChI is InChI=1S/C20H33N/c1-16-10-12-18(13-11-16)15-21-17(2)14-20(3,4)19-8-6-5-7-9-19/h5-9,16-18,21H,10-15H2,1-4H3. The van der Waals surface area contributed by atoms with Crippen LogP contribution in [0.4, 0.5) is 0 Å². The van der Waals surface area contributed by atoms with Crippen molar-refractivity contribution in [2.75, 3.05) is 6.54 Å². The summed E-state index contributed by atoms with van der Waals surface area (Å²) in [4.78, 5) is 0.